The SMILES string of the molecule is CCOCCN(CC)C(CN)CC(=O)NC(C)(C)C. The molecule has 0 rings (SSSR count). The van der Waals surface area contributed by atoms with Crippen LogP contribution in [-0.2, 0) is 9.53 Å². The van der Waals surface area contributed by atoms with E-state index in [-0.39, 0.29) is 17.5 Å². The quantitative estimate of drug-likeness (QED) is 0.615. The molecule has 1 atom stereocenters. The first kappa shape index (κ1) is 18.4. The Labute approximate surface area is 117 Å². The maximum Gasteiger partial charge on any atom is 0.222 e. The van der Waals surface area contributed by atoms with Crippen molar-refractivity contribution in [2.45, 2.75) is 52.6 Å². The lowest BCUT2D eigenvalue weighted by Gasteiger charge is -2.30. The first-order valence-electron chi connectivity index (χ1n) is 7.16. The summed E-state index contributed by atoms with van der Waals surface area (Å²) in [5, 5.41) is 2.98. The summed E-state index contributed by atoms with van der Waals surface area (Å²) in [4.78, 5) is 14.2. The summed E-state index contributed by atoms with van der Waals surface area (Å²) >= 11 is 0. The highest BCUT2D eigenvalue weighted by molar-refractivity contribution is 5.77. The highest BCUT2D eigenvalue weighted by Crippen LogP contribution is 2.06. The molecule has 0 aromatic heterocycles. The lowest BCUT2D eigenvalue weighted by atomic mass is 10.1. The molecule has 0 saturated carbocycles. The van der Waals surface area contributed by atoms with Gasteiger partial charge in [-0.2, -0.15) is 0 Å². The van der Waals surface area contributed by atoms with E-state index in [0.717, 1.165) is 19.7 Å². The van der Waals surface area contributed by atoms with Gasteiger partial charge in [0, 0.05) is 37.7 Å². The zero-order valence-electron chi connectivity index (χ0n) is 13.2. The standard InChI is InChI=1S/C14H31N3O2/c1-6-17(8-9-19-7-2)12(11-15)10-13(18)16-14(3,4)5/h12H,6-11,15H2,1-5H3,(H,16,18). The molecule has 114 valence electrons. The van der Waals surface area contributed by atoms with Gasteiger partial charge in [-0.1, -0.05) is 6.92 Å². The van der Waals surface area contributed by atoms with Crippen LogP contribution in [0.5, 0.6) is 0 Å². The average Bonchev–Trinajstić information content (AvgIpc) is 2.30. The third-order valence-corrected chi connectivity index (χ3v) is 2.86. The van der Waals surface area contributed by atoms with Gasteiger partial charge in [0.25, 0.3) is 0 Å². The molecule has 0 radical (unpaired) electrons. The van der Waals surface area contributed by atoms with Gasteiger partial charge in [-0.25, -0.2) is 0 Å². The van der Waals surface area contributed by atoms with Crippen LogP contribution in [0.1, 0.15) is 41.0 Å². The number of nitrogens with zero attached hydrogens (tertiary/aromatic N) is 1. The summed E-state index contributed by atoms with van der Waals surface area (Å²) in [6, 6.07) is 0.0767. The zero-order chi connectivity index (χ0) is 14.9. The molecule has 5 heteroatoms. The number of likely N-dealkylation sites (N-methyl/N-ethyl adjacent to an activating group) is 1. The molecule has 1 amide bonds. The molecule has 5 nitrogen and oxygen atoms in total. The average molecular weight is 273 g/mol. The molecule has 0 heterocycles. The summed E-state index contributed by atoms with van der Waals surface area (Å²) in [5.74, 6) is 0.0535. The Hall–Kier alpha value is -0.650. The van der Waals surface area contributed by atoms with E-state index in [0.29, 0.717) is 19.6 Å². The van der Waals surface area contributed by atoms with E-state index in [9.17, 15) is 4.79 Å². The minimum absolute atomic E-state index is 0.0535. The normalized spacial score (nSPS) is 13.6. The Morgan fingerprint density at radius 3 is 2.42 bits per heavy atom. The van der Waals surface area contributed by atoms with Crippen LogP contribution in [-0.4, -0.2) is 55.2 Å². The maximum atomic E-state index is 12.0. The number of rotatable bonds is 9. The van der Waals surface area contributed by atoms with Crippen LogP contribution < -0.4 is 11.1 Å². The van der Waals surface area contributed by atoms with Crippen molar-refractivity contribution in [3.05, 3.63) is 0 Å². The highest BCUT2D eigenvalue weighted by Gasteiger charge is 2.21. The van der Waals surface area contributed by atoms with Gasteiger partial charge in [0.05, 0.1) is 6.61 Å². The third-order valence-electron chi connectivity index (χ3n) is 2.86. The van der Waals surface area contributed by atoms with Gasteiger partial charge in [-0.3, -0.25) is 9.69 Å². The molecule has 3 N–H and O–H groups in total. The second-order valence-corrected chi connectivity index (χ2v) is 5.72. The minimum atomic E-state index is -0.196. The first-order valence-corrected chi connectivity index (χ1v) is 7.16. The molecular weight excluding hydrogens is 242 g/mol. The molecule has 1 unspecified atom stereocenters. The van der Waals surface area contributed by atoms with Gasteiger partial charge < -0.3 is 15.8 Å². The Balaban J connectivity index is 4.32. The van der Waals surface area contributed by atoms with Gasteiger partial charge in [0.1, 0.15) is 0 Å². The van der Waals surface area contributed by atoms with Crippen molar-refractivity contribution in [3.8, 4) is 0 Å². The van der Waals surface area contributed by atoms with Crippen molar-refractivity contribution in [1.82, 2.24) is 10.2 Å². The van der Waals surface area contributed by atoms with Gasteiger partial charge in [-0.15, -0.1) is 0 Å². The summed E-state index contributed by atoms with van der Waals surface area (Å²) < 4.78 is 5.36. The molecule has 19 heavy (non-hydrogen) atoms. The monoisotopic (exact) mass is 273 g/mol. The van der Waals surface area contributed by atoms with Crippen molar-refractivity contribution in [2.75, 3.05) is 32.8 Å². The number of hydrogen-bond acceptors (Lipinski definition) is 4. The number of amides is 1. The lowest BCUT2D eigenvalue weighted by molar-refractivity contribution is -0.123. The van der Waals surface area contributed by atoms with Gasteiger partial charge in [0.2, 0.25) is 5.91 Å². The predicted molar refractivity (Wildman–Crippen MR) is 79.1 cm³/mol. The smallest absolute Gasteiger partial charge is 0.222 e. The van der Waals surface area contributed by atoms with E-state index in [2.05, 4.69) is 17.1 Å². The Bertz CT molecular complexity index is 252. The topological polar surface area (TPSA) is 67.6 Å². The van der Waals surface area contributed by atoms with Crippen LogP contribution in [0, 0.1) is 0 Å². The van der Waals surface area contributed by atoms with E-state index >= 15 is 0 Å². The number of carbonyl (C=O) groups is 1. The molecule has 0 spiro atoms. The minimum Gasteiger partial charge on any atom is -0.380 e. The predicted octanol–water partition coefficient (Wildman–Crippen LogP) is 0.977. The number of hydrogen-bond donors (Lipinski definition) is 2. The molecule has 0 fully saturated rings. The molecule has 0 aliphatic carbocycles. The Kier molecular flexibility index (Phi) is 8.97. The zero-order valence-corrected chi connectivity index (χ0v) is 13.2. The van der Waals surface area contributed by atoms with Crippen LogP contribution in [0.15, 0.2) is 0 Å². The van der Waals surface area contributed by atoms with E-state index in [1.54, 1.807) is 0 Å². The summed E-state index contributed by atoms with van der Waals surface area (Å²) in [5.41, 5.74) is 5.61. The maximum absolute atomic E-state index is 12.0. The molecule has 0 aromatic rings. The Morgan fingerprint density at radius 1 is 1.37 bits per heavy atom. The molecule has 0 bridgehead atoms. The second-order valence-electron chi connectivity index (χ2n) is 5.72. The van der Waals surface area contributed by atoms with E-state index < -0.39 is 0 Å². The number of nitrogens with one attached hydrogen (secondary N) is 1. The van der Waals surface area contributed by atoms with Crippen molar-refractivity contribution >= 4 is 5.91 Å². The van der Waals surface area contributed by atoms with E-state index in [4.69, 9.17) is 10.5 Å². The van der Waals surface area contributed by atoms with Crippen molar-refractivity contribution in [2.24, 2.45) is 5.73 Å². The van der Waals surface area contributed by atoms with Crippen LogP contribution in [0.3, 0.4) is 0 Å². The fraction of sp³-hybridized carbons (Fsp3) is 0.929. The van der Waals surface area contributed by atoms with Crippen LogP contribution in [0.4, 0.5) is 0 Å². The van der Waals surface area contributed by atoms with Crippen molar-refractivity contribution in [3.63, 3.8) is 0 Å². The van der Waals surface area contributed by atoms with Gasteiger partial charge in [-0.05, 0) is 34.2 Å². The number of ether oxygens (including phenoxy) is 1. The fourth-order valence-electron chi connectivity index (χ4n) is 1.97. The van der Waals surface area contributed by atoms with E-state index in [1.165, 1.54) is 0 Å². The van der Waals surface area contributed by atoms with Crippen LogP contribution in [0.2, 0.25) is 0 Å². The molecule has 0 aliphatic rings. The molecule has 0 saturated heterocycles. The van der Waals surface area contributed by atoms with E-state index in [1.807, 2.05) is 27.7 Å². The van der Waals surface area contributed by atoms with Crippen molar-refractivity contribution in [1.29, 1.82) is 0 Å². The summed E-state index contributed by atoms with van der Waals surface area (Å²) in [6.07, 6.45) is 0.438. The molecule has 0 aromatic carbocycles. The Morgan fingerprint density at radius 2 is 2.00 bits per heavy atom. The third kappa shape index (κ3) is 8.97. The molecular formula is C14H31N3O2. The molecule has 0 aliphatic heterocycles. The van der Waals surface area contributed by atoms with Crippen LogP contribution >= 0.6 is 0 Å². The second kappa shape index (κ2) is 9.28. The number of nitrogens with two attached hydrogens (primary N) is 1. The fourth-order valence-corrected chi connectivity index (χ4v) is 1.97. The largest absolute Gasteiger partial charge is 0.380 e. The van der Waals surface area contributed by atoms with Crippen molar-refractivity contribution < 1.29 is 9.53 Å². The number of carbonyl (C=O) groups excluding carboxylic acids is 1. The van der Waals surface area contributed by atoms with Crippen LogP contribution in [0.25, 0.3) is 0 Å². The van der Waals surface area contributed by atoms with Gasteiger partial charge >= 0.3 is 0 Å². The highest BCUT2D eigenvalue weighted by atomic mass is 16.5. The summed E-state index contributed by atoms with van der Waals surface area (Å²) in [7, 11) is 0. The van der Waals surface area contributed by atoms with Gasteiger partial charge in [0.15, 0.2) is 0 Å². The lowest BCUT2D eigenvalue weighted by Crippen LogP contribution is -2.48. The summed E-state index contributed by atoms with van der Waals surface area (Å²) in [6.45, 7) is 13.6. The first-order chi connectivity index (χ1) is 8.84.